The molecular formula is C20H53NO7. The Morgan fingerprint density at radius 2 is 0.964 bits per heavy atom. The van der Waals surface area contributed by atoms with Crippen LogP contribution in [0.15, 0.2) is 0 Å². The Hall–Kier alpha value is -0.770. The monoisotopic (exact) mass is 419 g/mol. The minimum atomic E-state index is -0.490. The first-order valence-electron chi connectivity index (χ1n) is 7.27. The molecule has 0 unspecified atom stereocenters. The van der Waals surface area contributed by atoms with Crippen molar-refractivity contribution in [2.75, 3.05) is 80.3 Å². The molecule has 180 valence electrons. The number of carbonyl (C=O) groups is 1. The van der Waals surface area contributed by atoms with Gasteiger partial charge in [0, 0.05) is 20.1 Å². The van der Waals surface area contributed by atoms with E-state index in [2.05, 4.69) is 0 Å². The Bertz CT molecular complexity index is 245. The molecule has 0 bridgehead atoms. The molecule has 0 saturated heterocycles. The van der Waals surface area contributed by atoms with Crippen LogP contribution >= 0.6 is 0 Å². The summed E-state index contributed by atoms with van der Waals surface area (Å²) >= 11 is 0. The molecule has 0 spiro atoms. The van der Waals surface area contributed by atoms with Crippen molar-refractivity contribution in [3.05, 3.63) is 0 Å². The fraction of sp³-hybridized carbons (Fsp3) is 0.950. The minimum absolute atomic E-state index is 0. The second-order valence-corrected chi connectivity index (χ2v) is 4.60. The van der Waals surface area contributed by atoms with Gasteiger partial charge in [-0.2, -0.15) is 0 Å². The number of rotatable bonds is 17. The minimum Gasteiger partial charge on any atom is -0.382 e. The molecule has 0 rings (SSSR count). The van der Waals surface area contributed by atoms with Crippen molar-refractivity contribution in [2.24, 2.45) is 11.7 Å². The highest BCUT2D eigenvalue weighted by atomic mass is 16.5. The van der Waals surface area contributed by atoms with E-state index in [1.54, 1.807) is 14.2 Å². The van der Waals surface area contributed by atoms with Crippen LogP contribution in [0.3, 0.4) is 0 Å². The van der Waals surface area contributed by atoms with Crippen LogP contribution < -0.4 is 5.73 Å². The van der Waals surface area contributed by atoms with Crippen molar-refractivity contribution in [3.8, 4) is 0 Å². The summed E-state index contributed by atoms with van der Waals surface area (Å²) in [5, 5.41) is 0. The highest BCUT2D eigenvalue weighted by Crippen LogP contribution is 2.01. The number of amides is 1. The van der Waals surface area contributed by atoms with Gasteiger partial charge in [0.05, 0.1) is 59.5 Å². The van der Waals surface area contributed by atoms with Crippen LogP contribution in [0.1, 0.15) is 44.6 Å². The molecule has 0 fully saturated rings. The number of ether oxygens (including phenoxy) is 6. The van der Waals surface area contributed by atoms with E-state index in [0.717, 1.165) is 0 Å². The van der Waals surface area contributed by atoms with Crippen LogP contribution in [0.2, 0.25) is 0 Å². The largest absolute Gasteiger partial charge is 0.382 e. The summed E-state index contributed by atoms with van der Waals surface area (Å²) in [6.45, 7) is 4.34. The predicted octanol–water partition coefficient (Wildman–Crippen LogP) is 3.26. The summed E-state index contributed by atoms with van der Waals surface area (Å²) in [4.78, 5) is 10.5. The first-order chi connectivity index (χ1) is 10.7. The molecule has 8 heteroatoms. The Labute approximate surface area is 176 Å². The third-order valence-corrected chi connectivity index (χ3v) is 2.54. The van der Waals surface area contributed by atoms with Gasteiger partial charge >= 0.3 is 0 Å². The van der Waals surface area contributed by atoms with E-state index in [9.17, 15) is 4.79 Å². The summed E-state index contributed by atoms with van der Waals surface area (Å²) in [6.07, 6.45) is 0. The lowest BCUT2D eigenvalue weighted by Crippen LogP contribution is -2.25. The van der Waals surface area contributed by atoms with Crippen molar-refractivity contribution in [3.63, 3.8) is 0 Å². The van der Waals surface area contributed by atoms with Gasteiger partial charge in [0.1, 0.15) is 6.61 Å². The van der Waals surface area contributed by atoms with E-state index in [0.29, 0.717) is 59.5 Å². The topological polar surface area (TPSA) is 98.5 Å². The van der Waals surface area contributed by atoms with E-state index in [-0.39, 0.29) is 57.1 Å². The molecule has 0 aromatic heterocycles. The molecule has 0 aromatic carbocycles. The summed E-state index contributed by atoms with van der Waals surface area (Å²) in [5.74, 6) is -0.374. The highest BCUT2D eigenvalue weighted by Gasteiger charge is 2.10. The zero-order chi connectivity index (χ0) is 16.5. The Morgan fingerprint density at radius 1 is 0.643 bits per heavy atom. The molecule has 0 saturated carbocycles. The molecule has 1 amide bonds. The Morgan fingerprint density at radius 3 is 1.29 bits per heavy atom. The van der Waals surface area contributed by atoms with Crippen molar-refractivity contribution in [1.82, 2.24) is 0 Å². The smallest absolute Gasteiger partial charge is 0.243 e. The Balaban J connectivity index is -0.000000147. The first kappa shape index (κ1) is 45.8. The van der Waals surface area contributed by atoms with Gasteiger partial charge in [-0.25, -0.2) is 0 Å². The van der Waals surface area contributed by atoms with Crippen LogP contribution in [-0.4, -0.2) is 86.2 Å². The molecule has 2 N–H and O–H groups in total. The maximum atomic E-state index is 10.5. The fourth-order valence-electron chi connectivity index (χ4n) is 1.47. The second-order valence-electron chi connectivity index (χ2n) is 4.60. The second kappa shape index (κ2) is 37.0. The van der Waals surface area contributed by atoms with Crippen LogP contribution in [0.4, 0.5) is 0 Å². The molecule has 0 aliphatic carbocycles. The third-order valence-electron chi connectivity index (χ3n) is 2.54. The van der Waals surface area contributed by atoms with Crippen molar-refractivity contribution < 1.29 is 33.2 Å². The summed E-state index contributed by atoms with van der Waals surface area (Å²) in [6, 6.07) is 0. The summed E-state index contributed by atoms with van der Waals surface area (Å²) < 4.78 is 31.3. The van der Waals surface area contributed by atoms with Crippen LogP contribution in [0, 0.1) is 5.92 Å². The lowest BCUT2D eigenvalue weighted by Gasteiger charge is -2.17. The van der Waals surface area contributed by atoms with Gasteiger partial charge in [-0.3, -0.25) is 4.79 Å². The third kappa shape index (κ3) is 36.2. The normalized spacial score (nSPS) is 8.82. The number of primary amides is 1. The van der Waals surface area contributed by atoms with E-state index in [4.69, 9.17) is 34.2 Å². The fourth-order valence-corrected chi connectivity index (χ4v) is 1.47. The van der Waals surface area contributed by atoms with E-state index in [1.807, 2.05) is 0 Å². The molecule has 0 heterocycles. The van der Waals surface area contributed by atoms with Crippen molar-refractivity contribution in [2.45, 2.75) is 44.6 Å². The standard InChI is InChI=1S/C14H29NO7.6CH4/c1-17-3-5-19-9-13(10-20-6-4-18-2)11-21-7-8-22-12-14(15)16;;;;;;/h13H,3-12H2,1-2H3,(H2,15,16);6*1H4. The van der Waals surface area contributed by atoms with Gasteiger partial charge in [0.25, 0.3) is 0 Å². The van der Waals surface area contributed by atoms with E-state index in [1.165, 1.54) is 0 Å². The van der Waals surface area contributed by atoms with Gasteiger partial charge in [0.2, 0.25) is 5.91 Å². The Kier molecular flexibility index (Phi) is 60.6. The number of hydrogen-bond donors (Lipinski definition) is 1. The number of hydrogen-bond acceptors (Lipinski definition) is 7. The van der Waals surface area contributed by atoms with E-state index >= 15 is 0 Å². The van der Waals surface area contributed by atoms with Gasteiger partial charge in [-0.15, -0.1) is 0 Å². The van der Waals surface area contributed by atoms with Crippen LogP contribution in [0.5, 0.6) is 0 Å². The first-order valence-corrected chi connectivity index (χ1v) is 7.27. The zero-order valence-corrected chi connectivity index (χ0v) is 13.6. The maximum Gasteiger partial charge on any atom is 0.243 e. The molecule has 0 aliphatic rings. The van der Waals surface area contributed by atoms with Crippen LogP contribution in [0.25, 0.3) is 0 Å². The van der Waals surface area contributed by atoms with Crippen LogP contribution in [-0.2, 0) is 33.2 Å². The molecule has 8 nitrogen and oxygen atoms in total. The number of nitrogens with two attached hydrogens (primary N) is 1. The lowest BCUT2D eigenvalue weighted by atomic mass is 10.2. The van der Waals surface area contributed by atoms with Gasteiger partial charge in [0.15, 0.2) is 0 Å². The quantitative estimate of drug-likeness (QED) is 0.361. The molecular weight excluding hydrogens is 366 g/mol. The van der Waals surface area contributed by atoms with Crippen molar-refractivity contribution >= 4 is 5.91 Å². The van der Waals surface area contributed by atoms with Gasteiger partial charge in [-0.1, -0.05) is 44.6 Å². The van der Waals surface area contributed by atoms with Gasteiger partial charge < -0.3 is 34.2 Å². The average molecular weight is 420 g/mol. The zero-order valence-electron chi connectivity index (χ0n) is 13.6. The number of methoxy groups -OCH3 is 2. The lowest BCUT2D eigenvalue weighted by molar-refractivity contribution is -0.123. The average Bonchev–Trinajstić information content (AvgIpc) is 2.50. The van der Waals surface area contributed by atoms with Crippen molar-refractivity contribution in [1.29, 1.82) is 0 Å². The maximum absolute atomic E-state index is 10.5. The molecule has 0 radical (unpaired) electrons. The van der Waals surface area contributed by atoms with Gasteiger partial charge in [-0.05, 0) is 0 Å². The molecule has 0 aliphatic heterocycles. The predicted molar refractivity (Wildman–Crippen MR) is 120 cm³/mol. The summed E-state index contributed by atoms with van der Waals surface area (Å²) in [5.41, 5.74) is 4.96. The molecule has 0 aromatic rings. The number of carbonyl (C=O) groups excluding carboxylic acids is 1. The van der Waals surface area contributed by atoms with E-state index < -0.39 is 5.91 Å². The molecule has 28 heavy (non-hydrogen) atoms. The summed E-state index contributed by atoms with van der Waals surface area (Å²) in [7, 11) is 3.26. The SMILES string of the molecule is C.C.C.C.C.C.COCCOCC(COCCOC)COCCOCC(N)=O. The molecule has 0 atom stereocenters. The highest BCUT2D eigenvalue weighted by molar-refractivity contribution is 5.74.